The van der Waals surface area contributed by atoms with E-state index >= 15 is 0 Å². The molecule has 0 spiro atoms. The molecule has 0 saturated carbocycles. The van der Waals surface area contributed by atoms with Crippen molar-refractivity contribution in [2.75, 3.05) is 0 Å². The fourth-order valence-corrected chi connectivity index (χ4v) is 8.73. The van der Waals surface area contributed by atoms with Crippen LogP contribution in [0.15, 0.2) is 84.9 Å². The Labute approximate surface area is 223 Å². The molecular formula is C29H31Cl3SiTi. The molecule has 0 nitrogen and oxygen atoms in total. The third-order valence-electron chi connectivity index (χ3n) is 6.24. The number of benzene rings is 3. The van der Waals surface area contributed by atoms with E-state index in [9.17, 15) is 0 Å². The first kappa shape index (κ1) is 27.4. The summed E-state index contributed by atoms with van der Waals surface area (Å²) >= 11 is -1.92. The maximum atomic E-state index is 4.97. The van der Waals surface area contributed by atoms with Gasteiger partial charge in [-0.3, -0.25) is 0 Å². The molecule has 34 heavy (non-hydrogen) atoms. The van der Waals surface area contributed by atoms with Crippen LogP contribution in [0.4, 0.5) is 0 Å². The zero-order valence-corrected chi connectivity index (χ0v) is 25.3. The standard InChI is InChI=1S/C29H31Si.3ClH.Ti/c1-21-13-22(2)16-28(15-21)30(5,29-17-23(3)14-24(4)18-29)27-12-11-26(20-27)19-25-9-7-6-8-10-25;;;;/h6-18,20H,19H2,1-5H3;3*1H;/q-1;;;;+4/p-3. The Morgan fingerprint density at radius 1 is 0.676 bits per heavy atom. The van der Waals surface area contributed by atoms with Gasteiger partial charge in [-0.15, -0.1) is 0 Å². The van der Waals surface area contributed by atoms with Crippen molar-refractivity contribution in [3.63, 3.8) is 0 Å². The van der Waals surface area contributed by atoms with Crippen molar-refractivity contribution < 1.29 is 14.7 Å². The monoisotopic (exact) mass is 560 g/mol. The molecule has 4 aromatic rings. The van der Waals surface area contributed by atoms with Crippen molar-refractivity contribution in [3.8, 4) is 0 Å². The molecule has 0 aromatic heterocycles. The predicted molar refractivity (Wildman–Crippen MR) is 151 cm³/mol. The van der Waals surface area contributed by atoms with E-state index in [0.29, 0.717) is 0 Å². The van der Waals surface area contributed by atoms with Gasteiger partial charge in [-0.1, -0.05) is 118 Å². The summed E-state index contributed by atoms with van der Waals surface area (Å²) in [5.41, 5.74) is 8.18. The molecule has 0 radical (unpaired) electrons. The van der Waals surface area contributed by atoms with Crippen molar-refractivity contribution in [1.82, 2.24) is 0 Å². The average Bonchev–Trinajstić information content (AvgIpc) is 3.21. The molecule has 176 valence electrons. The Hall–Kier alpha value is -1.19. The van der Waals surface area contributed by atoms with E-state index in [4.69, 9.17) is 27.9 Å². The average molecular weight is 562 g/mol. The molecule has 4 aromatic carbocycles. The Morgan fingerprint density at radius 2 is 1.12 bits per heavy atom. The summed E-state index contributed by atoms with van der Waals surface area (Å²) in [4.78, 5) is 0. The molecule has 4 rings (SSSR count). The van der Waals surface area contributed by atoms with Crippen LogP contribution >= 0.6 is 27.9 Å². The second-order valence-corrected chi connectivity index (χ2v) is 21.0. The second-order valence-electron chi connectivity index (χ2n) is 9.26. The number of aryl methyl sites for hydroxylation is 4. The molecule has 0 aliphatic heterocycles. The van der Waals surface area contributed by atoms with Gasteiger partial charge in [-0.05, 0) is 27.7 Å². The normalized spacial score (nSPS) is 11.1. The van der Waals surface area contributed by atoms with Crippen molar-refractivity contribution in [2.45, 2.75) is 40.7 Å². The van der Waals surface area contributed by atoms with Gasteiger partial charge in [0, 0.05) is 0 Å². The second kappa shape index (κ2) is 12.2. The van der Waals surface area contributed by atoms with Crippen LogP contribution in [0.3, 0.4) is 0 Å². The summed E-state index contributed by atoms with van der Waals surface area (Å²) in [5.74, 6) is 0. The van der Waals surface area contributed by atoms with Crippen molar-refractivity contribution in [2.24, 2.45) is 0 Å². The fraction of sp³-hybridized carbons (Fsp3) is 0.207. The van der Waals surface area contributed by atoms with Crippen LogP contribution in [0, 0.1) is 27.7 Å². The van der Waals surface area contributed by atoms with Gasteiger partial charge in [-0.25, -0.2) is 6.07 Å². The van der Waals surface area contributed by atoms with Crippen LogP contribution in [-0.4, -0.2) is 8.07 Å². The number of halogens is 3. The molecule has 5 heteroatoms. The first-order valence-electron chi connectivity index (χ1n) is 11.4. The first-order chi connectivity index (χ1) is 16.1. The van der Waals surface area contributed by atoms with Gasteiger partial charge in [0.2, 0.25) is 0 Å². The Balaban J connectivity index is 0.000000751. The Kier molecular flexibility index (Phi) is 9.81. The summed E-state index contributed by atoms with van der Waals surface area (Å²) in [7, 11) is 12.8. The SMILES string of the molecule is Cc1cc(C)cc([Si](C)(c2cc(C)cc(C)c2)[c-]2ccc(Cc3ccccc3)c2)c1.[Cl][Ti+]([Cl])[Cl]. The van der Waals surface area contributed by atoms with E-state index in [1.54, 1.807) is 0 Å². The van der Waals surface area contributed by atoms with Gasteiger partial charge >= 0.3 is 42.6 Å². The number of rotatable bonds is 5. The van der Waals surface area contributed by atoms with Gasteiger partial charge in [-0.2, -0.15) is 22.9 Å². The van der Waals surface area contributed by atoms with E-state index in [-0.39, 0.29) is 0 Å². The van der Waals surface area contributed by atoms with E-state index in [1.807, 2.05) is 0 Å². The summed E-state index contributed by atoms with van der Waals surface area (Å²) in [6.07, 6.45) is 0.991. The molecule has 0 N–H and O–H groups in total. The third-order valence-corrected chi connectivity index (χ3v) is 10.6. The van der Waals surface area contributed by atoms with E-state index < -0.39 is 22.8 Å². The van der Waals surface area contributed by atoms with E-state index in [1.165, 1.54) is 48.9 Å². The summed E-state index contributed by atoms with van der Waals surface area (Å²) in [6, 6.07) is 32.2. The molecule has 0 bridgehead atoms. The molecule has 0 atom stereocenters. The maximum absolute atomic E-state index is 4.97. The number of hydrogen-bond acceptors (Lipinski definition) is 0. The summed E-state index contributed by atoms with van der Waals surface area (Å²) < 4.78 is 0. The molecule has 0 aliphatic carbocycles. The quantitative estimate of drug-likeness (QED) is 0.176. The topological polar surface area (TPSA) is 0 Å². The molecule has 0 saturated heterocycles. The summed E-state index contributed by atoms with van der Waals surface area (Å²) in [6.45, 7) is 11.4. The first-order valence-corrected chi connectivity index (χ1v) is 20.3. The van der Waals surface area contributed by atoms with Crippen LogP contribution in [0.25, 0.3) is 0 Å². The van der Waals surface area contributed by atoms with Crippen LogP contribution < -0.4 is 15.6 Å². The molecule has 0 heterocycles. The van der Waals surface area contributed by atoms with Crippen LogP contribution in [0.1, 0.15) is 33.4 Å². The molecule has 0 aliphatic rings. The Morgan fingerprint density at radius 3 is 1.56 bits per heavy atom. The van der Waals surface area contributed by atoms with Crippen LogP contribution in [-0.2, 0) is 21.1 Å². The molecule has 0 amide bonds. The zero-order chi connectivity index (χ0) is 24.9. The van der Waals surface area contributed by atoms with Gasteiger partial charge < -0.3 is 0 Å². The molecule has 0 fully saturated rings. The number of hydrogen-bond donors (Lipinski definition) is 0. The minimum atomic E-state index is -2.10. The molecular weight excluding hydrogens is 531 g/mol. The van der Waals surface area contributed by atoms with Gasteiger partial charge in [0.1, 0.15) is 0 Å². The predicted octanol–water partition coefficient (Wildman–Crippen LogP) is 7.40. The molecule has 0 unspecified atom stereocenters. The van der Waals surface area contributed by atoms with E-state index in [0.717, 1.165) is 6.42 Å². The summed E-state index contributed by atoms with van der Waals surface area (Å²) in [5, 5.41) is 4.51. The van der Waals surface area contributed by atoms with E-state index in [2.05, 4.69) is 119 Å². The van der Waals surface area contributed by atoms with Crippen molar-refractivity contribution in [1.29, 1.82) is 0 Å². The van der Waals surface area contributed by atoms with Gasteiger partial charge in [0.25, 0.3) is 0 Å². The fourth-order valence-electron chi connectivity index (χ4n) is 4.77. The van der Waals surface area contributed by atoms with Crippen molar-refractivity contribution >= 4 is 51.5 Å². The minimum absolute atomic E-state index is 0.991. The van der Waals surface area contributed by atoms with Crippen LogP contribution in [0.2, 0.25) is 6.55 Å². The van der Waals surface area contributed by atoms with Gasteiger partial charge in [0.05, 0.1) is 8.07 Å². The van der Waals surface area contributed by atoms with Crippen molar-refractivity contribution in [3.05, 3.63) is 118 Å². The Bertz CT molecular complexity index is 1140. The third kappa shape index (κ3) is 7.17. The van der Waals surface area contributed by atoms with Crippen LogP contribution in [0.5, 0.6) is 0 Å². The van der Waals surface area contributed by atoms with Gasteiger partial charge in [0.15, 0.2) is 0 Å². The zero-order valence-electron chi connectivity index (χ0n) is 20.4.